The molecule has 0 amide bonds. The molecule has 0 saturated carbocycles. The number of rotatable bonds is 9. The van der Waals surface area contributed by atoms with Crippen LogP contribution in [0.15, 0.2) is 42.5 Å². The molecule has 0 nitrogen and oxygen atoms in total. The van der Waals surface area contributed by atoms with E-state index in [1.807, 2.05) is 13.0 Å². The Morgan fingerprint density at radius 3 is 1.71 bits per heavy atom. The maximum atomic E-state index is 15.4. The first-order valence-electron chi connectivity index (χ1n) is 12.6. The molecule has 4 rings (SSSR count). The molecule has 2 unspecified atom stereocenters. The van der Waals surface area contributed by atoms with Gasteiger partial charge in [0, 0.05) is 11.1 Å². The minimum atomic E-state index is -2.29. The normalized spacial score (nSPS) is 16.8. The second kappa shape index (κ2) is 10.9. The quantitative estimate of drug-likeness (QED) is 0.209. The van der Waals surface area contributed by atoms with E-state index >= 15 is 13.2 Å². The van der Waals surface area contributed by atoms with Crippen LogP contribution in [0.5, 0.6) is 0 Å². The zero-order valence-corrected chi connectivity index (χ0v) is 20.2. The van der Waals surface area contributed by atoms with Crippen molar-refractivity contribution >= 4 is 0 Å². The molecule has 0 bridgehead atoms. The van der Waals surface area contributed by atoms with Crippen LogP contribution in [-0.2, 0) is 25.7 Å². The summed E-state index contributed by atoms with van der Waals surface area (Å²) in [5, 5.41) is 0. The summed E-state index contributed by atoms with van der Waals surface area (Å²) in [6.07, 6.45) is 0.841. The van der Waals surface area contributed by atoms with Gasteiger partial charge >= 0.3 is 0 Å². The van der Waals surface area contributed by atoms with Gasteiger partial charge in [-0.2, -0.15) is 0 Å². The van der Waals surface area contributed by atoms with E-state index in [1.165, 1.54) is 12.1 Å². The zero-order valence-electron chi connectivity index (χ0n) is 20.2. The summed E-state index contributed by atoms with van der Waals surface area (Å²) in [7, 11) is 0. The first kappa shape index (κ1) is 25.4. The van der Waals surface area contributed by atoms with E-state index in [4.69, 9.17) is 0 Å². The number of unbranched alkanes of at least 4 members (excludes halogenated alkanes) is 2. The van der Waals surface area contributed by atoms with Gasteiger partial charge in [0.2, 0.25) is 0 Å². The van der Waals surface area contributed by atoms with Gasteiger partial charge in [-0.25, -0.2) is 22.0 Å². The molecule has 35 heavy (non-hydrogen) atoms. The molecule has 0 fully saturated rings. The third-order valence-electron chi connectivity index (χ3n) is 6.99. The minimum Gasteiger partial charge on any atom is -0.239 e. The minimum absolute atomic E-state index is 0.187. The predicted octanol–water partition coefficient (Wildman–Crippen LogP) is 9.28. The summed E-state index contributed by atoms with van der Waals surface area (Å²) in [4.78, 5) is 0. The Morgan fingerprint density at radius 1 is 0.600 bits per heavy atom. The lowest BCUT2D eigenvalue weighted by atomic mass is 9.80. The third-order valence-corrected chi connectivity index (χ3v) is 6.99. The lowest BCUT2D eigenvalue weighted by molar-refractivity contribution is 0.160. The first-order valence-corrected chi connectivity index (χ1v) is 12.6. The molecule has 1 aliphatic carbocycles. The highest BCUT2D eigenvalue weighted by molar-refractivity contribution is 5.76. The van der Waals surface area contributed by atoms with Crippen LogP contribution in [0.2, 0.25) is 0 Å². The van der Waals surface area contributed by atoms with Crippen LogP contribution in [0.3, 0.4) is 0 Å². The molecule has 0 saturated heterocycles. The lowest BCUT2D eigenvalue weighted by Gasteiger charge is -2.28. The van der Waals surface area contributed by atoms with E-state index in [9.17, 15) is 8.78 Å². The van der Waals surface area contributed by atoms with Crippen molar-refractivity contribution in [3.63, 3.8) is 0 Å². The van der Waals surface area contributed by atoms with Crippen LogP contribution < -0.4 is 0 Å². The van der Waals surface area contributed by atoms with Crippen LogP contribution in [0.4, 0.5) is 22.0 Å². The molecule has 186 valence electrons. The van der Waals surface area contributed by atoms with Crippen LogP contribution in [-0.4, -0.2) is 0 Å². The molecular weight excluding hydrogens is 455 g/mol. The molecule has 0 spiro atoms. The third kappa shape index (κ3) is 5.00. The number of hydrogen-bond acceptors (Lipinski definition) is 0. The highest BCUT2D eigenvalue weighted by Crippen LogP contribution is 2.51. The maximum Gasteiger partial charge on any atom is 0.164 e. The Hall–Kier alpha value is -2.69. The molecule has 0 aromatic heterocycles. The van der Waals surface area contributed by atoms with Gasteiger partial charge in [-0.05, 0) is 71.6 Å². The fourth-order valence-corrected chi connectivity index (χ4v) is 5.03. The van der Waals surface area contributed by atoms with Gasteiger partial charge in [-0.1, -0.05) is 69.5 Å². The van der Waals surface area contributed by atoms with Crippen molar-refractivity contribution in [3.8, 4) is 11.1 Å². The van der Waals surface area contributed by atoms with Gasteiger partial charge in [0.15, 0.2) is 12.3 Å². The van der Waals surface area contributed by atoms with E-state index in [2.05, 4.69) is 6.92 Å². The fourth-order valence-electron chi connectivity index (χ4n) is 5.03. The van der Waals surface area contributed by atoms with Gasteiger partial charge in [0.05, 0.1) is 0 Å². The fraction of sp³-hybridized carbons (Fsp3) is 0.400. The number of halogens is 5. The standard InChI is InChI=1S/C30H31F5/c1-3-5-6-8-19-11-9-18(17-24(19)31)10-12-21-14-16-23-22-15-13-20(7-4-2)27(32)25(22)29(34)30(35)26(23)28(21)33/h9,11,13-17,29-30H,3-8,10,12H2,1-2H3. The molecule has 3 aromatic carbocycles. The van der Waals surface area contributed by atoms with Crippen molar-refractivity contribution in [3.05, 3.63) is 93.3 Å². The van der Waals surface area contributed by atoms with E-state index in [1.54, 1.807) is 24.3 Å². The Balaban J connectivity index is 1.59. The van der Waals surface area contributed by atoms with E-state index < -0.39 is 24.0 Å². The predicted molar refractivity (Wildman–Crippen MR) is 131 cm³/mol. The molecular formula is C30H31F5. The second-order valence-corrected chi connectivity index (χ2v) is 9.44. The molecule has 0 aliphatic heterocycles. The average molecular weight is 487 g/mol. The second-order valence-electron chi connectivity index (χ2n) is 9.44. The number of benzene rings is 3. The first-order chi connectivity index (χ1) is 16.9. The monoisotopic (exact) mass is 486 g/mol. The summed E-state index contributed by atoms with van der Waals surface area (Å²) in [6.45, 7) is 3.98. The Bertz CT molecular complexity index is 1200. The average Bonchev–Trinajstić information content (AvgIpc) is 2.84. The molecule has 0 heterocycles. The molecule has 2 atom stereocenters. The summed E-state index contributed by atoms with van der Waals surface area (Å²) in [5.41, 5.74) is 1.67. The number of hydrogen-bond donors (Lipinski definition) is 0. The van der Waals surface area contributed by atoms with Crippen LogP contribution in [0.25, 0.3) is 11.1 Å². The summed E-state index contributed by atoms with van der Waals surface area (Å²) < 4.78 is 75.0. The van der Waals surface area contributed by atoms with Crippen molar-refractivity contribution < 1.29 is 22.0 Å². The van der Waals surface area contributed by atoms with E-state index in [0.29, 0.717) is 36.8 Å². The van der Waals surface area contributed by atoms with Gasteiger partial charge in [-0.15, -0.1) is 0 Å². The molecule has 0 N–H and O–H groups in total. The molecule has 5 heteroatoms. The molecule has 0 radical (unpaired) electrons. The van der Waals surface area contributed by atoms with Gasteiger partial charge < -0.3 is 0 Å². The topological polar surface area (TPSA) is 0 Å². The van der Waals surface area contributed by atoms with Gasteiger partial charge in [-0.3, -0.25) is 0 Å². The molecule has 1 aliphatic rings. The Morgan fingerprint density at radius 2 is 1.17 bits per heavy atom. The van der Waals surface area contributed by atoms with Gasteiger partial charge in [0.1, 0.15) is 17.5 Å². The smallest absolute Gasteiger partial charge is 0.164 e. The van der Waals surface area contributed by atoms with Crippen molar-refractivity contribution in [2.24, 2.45) is 0 Å². The highest BCUT2D eigenvalue weighted by Gasteiger charge is 2.39. The van der Waals surface area contributed by atoms with E-state index in [0.717, 1.165) is 24.8 Å². The van der Waals surface area contributed by atoms with Crippen molar-refractivity contribution in [2.45, 2.75) is 77.6 Å². The number of aryl methyl sites for hydroxylation is 4. The zero-order chi connectivity index (χ0) is 25.1. The highest BCUT2D eigenvalue weighted by atomic mass is 19.2. The summed E-state index contributed by atoms with van der Waals surface area (Å²) >= 11 is 0. The van der Waals surface area contributed by atoms with Crippen molar-refractivity contribution in [1.29, 1.82) is 0 Å². The number of fused-ring (bicyclic) bond motifs is 3. The van der Waals surface area contributed by atoms with Gasteiger partial charge in [0.25, 0.3) is 0 Å². The Labute approximate surface area is 204 Å². The summed E-state index contributed by atoms with van der Waals surface area (Å²) in [5.74, 6) is -1.82. The van der Waals surface area contributed by atoms with E-state index in [-0.39, 0.29) is 40.1 Å². The largest absolute Gasteiger partial charge is 0.239 e. The number of alkyl halides is 2. The van der Waals surface area contributed by atoms with Crippen LogP contribution >= 0.6 is 0 Å². The maximum absolute atomic E-state index is 15.4. The SMILES string of the molecule is CCCCCc1ccc(CCc2ccc3c(c2F)C(F)C(F)c2c-3ccc(CCC)c2F)cc1F. The lowest BCUT2D eigenvalue weighted by Crippen LogP contribution is -2.17. The molecule has 3 aromatic rings. The van der Waals surface area contributed by atoms with Crippen LogP contribution in [0.1, 0.15) is 85.3 Å². The summed E-state index contributed by atoms with van der Waals surface area (Å²) in [6, 6.07) is 11.3. The van der Waals surface area contributed by atoms with Crippen molar-refractivity contribution in [1.82, 2.24) is 0 Å². The van der Waals surface area contributed by atoms with Crippen LogP contribution in [0, 0.1) is 17.5 Å². The Kier molecular flexibility index (Phi) is 7.93. The van der Waals surface area contributed by atoms with Crippen molar-refractivity contribution in [2.75, 3.05) is 0 Å².